The quantitative estimate of drug-likeness (QED) is 0.716. The van der Waals surface area contributed by atoms with E-state index in [0.29, 0.717) is 13.0 Å². The molecule has 1 unspecified atom stereocenters. The predicted octanol–water partition coefficient (Wildman–Crippen LogP) is 2.32. The summed E-state index contributed by atoms with van der Waals surface area (Å²) >= 11 is 0. The fourth-order valence-corrected chi connectivity index (χ4v) is 5.84. The van der Waals surface area contributed by atoms with Crippen LogP contribution in [0.15, 0.2) is 47.4 Å². The van der Waals surface area contributed by atoms with E-state index in [1.165, 1.54) is 17.3 Å². The van der Waals surface area contributed by atoms with Gasteiger partial charge in [-0.3, -0.25) is 9.59 Å². The fraction of sp³-hybridized carbons (Fsp3) is 0.391. The first-order valence-electron chi connectivity index (χ1n) is 10.8. The molecule has 1 atom stereocenters. The van der Waals surface area contributed by atoms with Gasteiger partial charge in [-0.1, -0.05) is 24.3 Å². The molecule has 2 aliphatic heterocycles. The number of amides is 2. The number of nitrogens with zero attached hydrogens (tertiary/aromatic N) is 2. The van der Waals surface area contributed by atoms with Crippen molar-refractivity contribution in [3.05, 3.63) is 59.4 Å². The number of ether oxygens (including phenoxy) is 1. The van der Waals surface area contributed by atoms with Gasteiger partial charge in [0, 0.05) is 32.2 Å². The maximum absolute atomic E-state index is 14.4. The molecule has 0 bridgehead atoms. The van der Waals surface area contributed by atoms with E-state index in [1.54, 1.807) is 4.90 Å². The topological polar surface area (TPSA) is 96.0 Å². The number of hydrogen-bond donors (Lipinski definition) is 1. The zero-order chi connectivity index (χ0) is 23.6. The van der Waals surface area contributed by atoms with Gasteiger partial charge in [-0.2, -0.15) is 4.31 Å². The lowest BCUT2D eigenvalue weighted by Crippen LogP contribution is -2.41. The minimum absolute atomic E-state index is 0.000479. The Balaban J connectivity index is 1.54. The van der Waals surface area contributed by atoms with Gasteiger partial charge in [-0.15, -0.1) is 0 Å². The molecule has 0 spiro atoms. The molecule has 2 amide bonds. The zero-order valence-electron chi connectivity index (χ0n) is 18.3. The summed E-state index contributed by atoms with van der Waals surface area (Å²) in [6.07, 6.45) is 0.716. The molecule has 0 aromatic heterocycles. The summed E-state index contributed by atoms with van der Waals surface area (Å²) in [4.78, 5) is 26.2. The fourth-order valence-electron chi connectivity index (χ4n) is 4.34. The van der Waals surface area contributed by atoms with Gasteiger partial charge >= 0.3 is 0 Å². The number of anilines is 1. The number of fused-ring (bicyclic) bond motifs is 1. The van der Waals surface area contributed by atoms with Crippen LogP contribution in [0.4, 0.5) is 10.1 Å². The van der Waals surface area contributed by atoms with Crippen molar-refractivity contribution < 1.29 is 27.1 Å². The lowest BCUT2D eigenvalue weighted by Gasteiger charge is -2.36. The molecule has 2 heterocycles. The molecule has 0 radical (unpaired) electrons. The van der Waals surface area contributed by atoms with Crippen LogP contribution in [-0.2, 0) is 30.8 Å². The number of sulfonamides is 1. The van der Waals surface area contributed by atoms with Gasteiger partial charge in [0.05, 0.1) is 25.7 Å². The standard InChI is InChI=1S/C23H26FN3O5S/c1-16(28)27-9-8-17-4-2-3-5-19(17)21(27)15-23(29)25-18-6-7-20(24)22(14-18)33(30,31)26-10-12-32-13-11-26/h2-7,14,21H,8-13,15H2,1H3,(H,25,29). The third kappa shape index (κ3) is 4.92. The number of hydrogen-bond acceptors (Lipinski definition) is 5. The summed E-state index contributed by atoms with van der Waals surface area (Å²) in [6.45, 7) is 2.75. The zero-order valence-corrected chi connectivity index (χ0v) is 19.1. The first-order valence-corrected chi connectivity index (χ1v) is 12.2. The molecule has 8 nitrogen and oxygen atoms in total. The molecular weight excluding hydrogens is 449 g/mol. The average molecular weight is 476 g/mol. The molecule has 1 fully saturated rings. The van der Waals surface area contributed by atoms with E-state index < -0.39 is 32.7 Å². The molecule has 33 heavy (non-hydrogen) atoms. The van der Waals surface area contributed by atoms with E-state index in [-0.39, 0.29) is 44.3 Å². The number of benzene rings is 2. The highest BCUT2D eigenvalue weighted by Crippen LogP contribution is 2.33. The van der Waals surface area contributed by atoms with E-state index >= 15 is 0 Å². The Labute approximate surface area is 192 Å². The van der Waals surface area contributed by atoms with Crippen molar-refractivity contribution in [3.8, 4) is 0 Å². The molecule has 1 saturated heterocycles. The van der Waals surface area contributed by atoms with Crippen molar-refractivity contribution in [2.24, 2.45) is 0 Å². The van der Waals surface area contributed by atoms with Gasteiger partial charge in [0.25, 0.3) is 0 Å². The first-order chi connectivity index (χ1) is 15.8. The first kappa shape index (κ1) is 23.3. The number of halogens is 1. The van der Waals surface area contributed by atoms with Crippen molar-refractivity contribution in [3.63, 3.8) is 0 Å². The second-order valence-corrected chi connectivity index (χ2v) is 10.00. The Morgan fingerprint density at radius 3 is 2.58 bits per heavy atom. The van der Waals surface area contributed by atoms with Crippen LogP contribution in [-0.4, -0.2) is 62.3 Å². The molecule has 0 aliphatic carbocycles. The third-order valence-corrected chi connectivity index (χ3v) is 7.91. The summed E-state index contributed by atoms with van der Waals surface area (Å²) < 4.78 is 46.6. The van der Waals surface area contributed by atoms with Crippen LogP contribution in [0.3, 0.4) is 0 Å². The Bertz CT molecular complexity index is 1160. The normalized spacial score (nSPS) is 19.1. The summed E-state index contributed by atoms with van der Waals surface area (Å²) in [7, 11) is -4.06. The minimum Gasteiger partial charge on any atom is -0.379 e. The van der Waals surface area contributed by atoms with Gasteiger partial charge < -0.3 is 15.0 Å². The van der Waals surface area contributed by atoms with Crippen molar-refractivity contribution in [1.29, 1.82) is 0 Å². The highest BCUT2D eigenvalue weighted by Gasteiger charge is 2.32. The van der Waals surface area contributed by atoms with Crippen LogP contribution in [0.5, 0.6) is 0 Å². The molecular formula is C23H26FN3O5S. The number of nitrogens with one attached hydrogen (secondary N) is 1. The monoisotopic (exact) mass is 475 g/mol. The van der Waals surface area contributed by atoms with Crippen LogP contribution in [0.1, 0.15) is 30.5 Å². The summed E-state index contributed by atoms with van der Waals surface area (Å²) in [5.41, 5.74) is 2.18. The Morgan fingerprint density at radius 2 is 1.85 bits per heavy atom. The lowest BCUT2D eigenvalue weighted by atomic mass is 9.90. The van der Waals surface area contributed by atoms with Crippen LogP contribution >= 0.6 is 0 Å². The van der Waals surface area contributed by atoms with Crippen LogP contribution < -0.4 is 5.32 Å². The largest absolute Gasteiger partial charge is 0.379 e. The van der Waals surface area contributed by atoms with Crippen molar-refractivity contribution >= 4 is 27.5 Å². The highest BCUT2D eigenvalue weighted by molar-refractivity contribution is 7.89. The molecule has 2 aromatic carbocycles. The minimum atomic E-state index is -4.06. The Hall–Kier alpha value is -2.82. The van der Waals surface area contributed by atoms with Crippen molar-refractivity contribution in [2.75, 3.05) is 38.2 Å². The number of carbonyl (C=O) groups excluding carboxylic acids is 2. The second kappa shape index (κ2) is 9.58. The molecule has 2 aromatic rings. The van der Waals surface area contributed by atoms with E-state index in [2.05, 4.69) is 5.32 Å². The average Bonchev–Trinajstić information content (AvgIpc) is 2.80. The summed E-state index contributed by atoms with van der Waals surface area (Å²) in [5.74, 6) is -1.41. The van der Waals surface area contributed by atoms with Gasteiger partial charge in [-0.05, 0) is 35.7 Å². The van der Waals surface area contributed by atoms with Crippen LogP contribution in [0.25, 0.3) is 0 Å². The van der Waals surface area contributed by atoms with Crippen molar-refractivity contribution in [1.82, 2.24) is 9.21 Å². The SMILES string of the molecule is CC(=O)N1CCc2ccccc2C1CC(=O)Nc1ccc(F)c(S(=O)(=O)N2CCOCC2)c1. The van der Waals surface area contributed by atoms with E-state index in [9.17, 15) is 22.4 Å². The lowest BCUT2D eigenvalue weighted by molar-refractivity contribution is -0.132. The number of morpholine rings is 1. The Morgan fingerprint density at radius 1 is 1.12 bits per heavy atom. The number of rotatable bonds is 5. The summed E-state index contributed by atoms with van der Waals surface area (Å²) in [6, 6.07) is 10.8. The van der Waals surface area contributed by atoms with E-state index in [4.69, 9.17) is 4.74 Å². The highest BCUT2D eigenvalue weighted by atomic mass is 32.2. The van der Waals surface area contributed by atoms with Crippen LogP contribution in [0, 0.1) is 5.82 Å². The molecule has 0 saturated carbocycles. The molecule has 176 valence electrons. The maximum Gasteiger partial charge on any atom is 0.246 e. The third-order valence-electron chi connectivity index (χ3n) is 6.00. The smallest absolute Gasteiger partial charge is 0.246 e. The second-order valence-electron chi connectivity index (χ2n) is 8.09. The van der Waals surface area contributed by atoms with Crippen molar-refractivity contribution in [2.45, 2.75) is 30.7 Å². The van der Waals surface area contributed by atoms with Gasteiger partial charge in [-0.25, -0.2) is 12.8 Å². The molecule has 4 rings (SSSR count). The summed E-state index contributed by atoms with van der Waals surface area (Å²) in [5, 5.41) is 2.67. The van der Waals surface area contributed by atoms with E-state index in [1.807, 2.05) is 24.3 Å². The number of carbonyl (C=O) groups is 2. The predicted molar refractivity (Wildman–Crippen MR) is 119 cm³/mol. The molecule has 1 N–H and O–H groups in total. The Kier molecular flexibility index (Phi) is 6.78. The molecule has 2 aliphatic rings. The van der Waals surface area contributed by atoms with E-state index in [0.717, 1.165) is 23.3 Å². The van der Waals surface area contributed by atoms with Gasteiger partial charge in [0.2, 0.25) is 21.8 Å². The maximum atomic E-state index is 14.4. The van der Waals surface area contributed by atoms with Gasteiger partial charge in [0.15, 0.2) is 0 Å². The molecule has 10 heteroatoms. The van der Waals surface area contributed by atoms with Crippen LogP contribution in [0.2, 0.25) is 0 Å². The van der Waals surface area contributed by atoms with Gasteiger partial charge in [0.1, 0.15) is 10.7 Å².